The number of rotatable bonds is 5. The Bertz CT molecular complexity index is 446. The van der Waals surface area contributed by atoms with E-state index < -0.39 is 16.9 Å². The number of hydrogen-bond donors (Lipinski definition) is 1. The summed E-state index contributed by atoms with van der Waals surface area (Å²) < 4.78 is 9.96. The Morgan fingerprint density at radius 3 is 2.65 bits per heavy atom. The minimum Gasteiger partial charge on any atom is -0.496 e. The number of methoxy groups -OCH3 is 1. The average Bonchev–Trinajstić information content (AvgIpc) is 2.29. The van der Waals surface area contributed by atoms with Gasteiger partial charge in [0.15, 0.2) is 11.9 Å². The first kappa shape index (κ1) is 12.8. The molecule has 0 aliphatic carbocycles. The van der Waals surface area contributed by atoms with Crippen molar-refractivity contribution in [3.8, 4) is 11.5 Å². The number of nitrogens with two attached hydrogens (primary N) is 1. The molecule has 1 rings (SSSR count). The van der Waals surface area contributed by atoms with Crippen molar-refractivity contribution in [3.63, 3.8) is 0 Å². The zero-order valence-electron chi connectivity index (χ0n) is 9.38. The molecule has 0 fully saturated rings. The molecule has 0 heterocycles. The van der Waals surface area contributed by atoms with E-state index in [1.807, 2.05) is 0 Å². The maximum Gasteiger partial charge on any atom is 0.314 e. The molecule has 7 nitrogen and oxygen atoms in total. The second-order valence-corrected chi connectivity index (χ2v) is 3.25. The fourth-order valence-electron chi connectivity index (χ4n) is 1.12. The third kappa shape index (κ3) is 3.07. The largest absolute Gasteiger partial charge is 0.496 e. The van der Waals surface area contributed by atoms with Crippen LogP contribution in [0.3, 0.4) is 0 Å². The summed E-state index contributed by atoms with van der Waals surface area (Å²) in [5.74, 6) is -0.395. The van der Waals surface area contributed by atoms with Crippen molar-refractivity contribution in [2.24, 2.45) is 5.73 Å². The zero-order valence-corrected chi connectivity index (χ0v) is 9.38. The lowest BCUT2D eigenvalue weighted by Crippen LogP contribution is -2.30. The van der Waals surface area contributed by atoms with Crippen LogP contribution in [0.15, 0.2) is 18.2 Å². The predicted molar refractivity (Wildman–Crippen MR) is 58.9 cm³/mol. The van der Waals surface area contributed by atoms with Crippen LogP contribution in [0.4, 0.5) is 5.69 Å². The van der Waals surface area contributed by atoms with Gasteiger partial charge in [-0.1, -0.05) is 0 Å². The van der Waals surface area contributed by atoms with Crippen molar-refractivity contribution in [3.05, 3.63) is 28.3 Å². The van der Waals surface area contributed by atoms with Gasteiger partial charge in [0.2, 0.25) is 0 Å². The summed E-state index contributed by atoms with van der Waals surface area (Å²) in [5, 5.41) is 10.8. The Morgan fingerprint density at radius 2 is 2.18 bits per heavy atom. The summed E-state index contributed by atoms with van der Waals surface area (Å²) in [6, 6.07) is 4.06. The first-order valence-electron chi connectivity index (χ1n) is 4.74. The van der Waals surface area contributed by atoms with E-state index in [0.717, 1.165) is 0 Å². The summed E-state index contributed by atoms with van der Waals surface area (Å²) in [4.78, 5) is 21.0. The zero-order chi connectivity index (χ0) is 13.0. The van der Waals surface area contributed by atoms with Crippen molar-refractivity contribution in [2.75, 3.05) is 7.11 Å². The Hall–Kier alpha value is -2.31. The Labute approximate surface area is 97.3 Å². The summed E-state index contributed by atoms with van der Waals surface area (Å²) in [5.41, 5.74) is 4.73. The van der Waals surface area contributed by atoms with E-state index in [0.29, 0.717) is 5.75 Å². The van der Waals surface area contributed by atoms with E-state index in [1.165, 1.54) is 32.2 Å². The van der Waals surface area contributed by atoms with Crippen molar-refractivity contribution >= 4 is 11.6 Å². The molecule has 92 valence electrons. The van der Waals surface area contributed by atoms with Crippen LogP contribution in [0.5, 0.6) is 11.5 Å². The van der Waals surface area contributed by atoms with Gasteiger partial charge in [0.05, 0.1) is 18.1 Å². The van der Waals surface area contributed by atoms with Crippen LogP contribution < -0.4 is 15.2 Å². The molecule has 0 aliphatic rings. The third-order valence-corrected chi connectivity index (χ3v) is 2.07. The standard InChI is InChI=1S/C10H12N2O5/c1-6(10(11)13)17-9-4-3-7(16-2)5-8(9)12(14)15/h3-6H,1-2H3,(H2,11,13). The number of nitrogens with zero attached hydrogens (tertiary/aromatic N) is 1. The number of ether oxygens (including phenoxy) is 2. The van der Waals surface area contributed by atoms with Crippen LogP contribution in [0, 0.1) is 10.1 Å². The van der Waals surface area contributed by atoms with Gasteiger partial charge in [0.25, 0.3) is 5.91 Å². The van der Waals surface area contributed by atoms with Gasteiger partial charge in [-0.25, -0.2) is 0 Å². The molecule has 0 radical (unpaired) electrons. The lowest BCUT2D eigenvalue weighted by molar-refractivity contribution is -0.386. The minimum atomic E-state index is -0.943. The highest BCUT2D eigenvalue weighted by atomic mass is 16.6. The van der Waals surface area contributed by atoms with Gasteiger partial charge in [-0.15, -0.1) is 0 Å². The number of carbonyl (C=O) groups excluding carboxylic acids is 1. The smallest absolute Gasteiger partial charge is 0.314 e. The average molecular weight is 240 g/mol. The van der Waals surface area contributed by atoms with Crippen LogP contribution in [0.1, 0.15) is 6.92 Å². The van der Waals surface area contributed by atoms with E-state index in [4.69, 9.17) is 15.2 Å². The Kier molecular flexibility index (Phi) is 3.86. The lowest BCUT2D eigenvalue weighted by Gasteiger charge is -2.11. The molecule has 0 saturated carbocycles. The molecule has 0 spiro atoms. The van der Waals surface area contributed by atoms with Gasteiger partial charge < -0.3 is 15.2 Å². The molecular weight excluding hydrogens is 228 g/mol. The number of nitro groups is 1. The van der Waals surface area contributed by atoms with Gasteiger partial charge in [-0.05, 0) is 19.1 Å². The second kappa shape index (κ2) is 5.15. The van der Waals surface area contributed by atoms with Gasteiger partial charge in [0.1, 0.15) is 5.75 Å². The molecule has 0 bridgehead atoms. The van der Waals surface area contributed by atoms with Gasteiger partial charge in [0, 0.05) is 0 Å². The van der Waals surface area contributed by atoms with E-state index in [1.54, 1.807) is 0 Å². The predicted octanol–water partition coefficient (Wildman–Crippen LogP) is 0.856. The molecule has 1 aromatic carbocycles. The molecule has 7 heteroatoms. The molecule has 2 N–H and O–H groups in total. The second-order valence-electron chi connectivity index (χ2n) is 3.25. The van der Waals surface area contributed by atoms with E-state index in [-0.39, 0.29) is 11.4 Å². The number of hydrogen-bond acceptors (Lipinski definition) is 5. The maximum absolute atomic E-state index is 10.8. The van der Waals surface area contributed by atoms with E-state index in [2.05, 4.69) is 0 Å². The molecule has 1 amide bonds. The first-order chi connectivity index (χ1) is 7.95. The van der Waals surface area contributed by atoms with Crippen LogP contribution in [-0.4, -0.2) is 24.0 Å². The van der Waals surface area contributed by atoms with Gasteiger partial charge in [-0.3, -0.25) is 14.9 Å². The summed E-state index contributed by atoms with van der Waals surface area (Å²) in [6.45, 7) is 1.41. The van der Waals surface area contributed by atoms with Crippen molar-refractivity contribution in [1.29, 1.82) is 0 Å². The molecule has 0 saturated heterocycles. The fourth-order valence-corrected chi connectivity index (χ4v) is 1.12. The number of primary amides is 1. The van der Waals surface area contributed by atoms with Crippen LogP contribution in [-0.2, 0) is 4.79 Å². The molecule has 0 aliphatic heterocycles. The van der Waals surface area contributed by atoms with Gasteiger partial charge in [-0.2, -0.15) is 0 Å². The first-order valence-corrected chi connectivity index (χ1v) is 4.74. The number of carbonyl (C=O) groups is 1. The molecule has 17 heavy (non-hydrogen) atoms. The molecular formula is C10H12N2O5. The summed E-state index contributed by atoms with van der Waals surface area (Å²) in [6.07, 6.45) is -0.943. The number of nitro benzene ring substituents is 1. The van der Waals surface area contributed by atoms with Crippen molar-refractivity contribution < 1.29 is 19.2 Å². The SMILES string of the molecule is COc1ccc(OC(C)C(N)=O)c([N+](=O)[O-])c1. The highest BCUT2D eigenvalue weighted by molar-refractivity contribution is 5.78. The molecule has 0 aromatic heterocycles. The lowest BCUT2D eigenvalue weighted by atomic mass is 10.2. The molecule has 1 aromatic rings. The van der Waals surface area contributed by atoms with Crippen LogP contribution >= 0.6 is 0 Å². The van der Waals surface area contributed by atoms with Gasteiger partial charge >= 0.3 is 5.69 Å². The van der Waals surface area contributed by atoms with E-state index in [9.17, 15) is 14.9 Å². The highest BCUT2D eigenvalue weighted by Gasteiger charge is 2.20. The minimum absolute atomic E-state index is 0.0258. The topological polar surface area (TPSA) is 105 Å². The molecule has 1 atom stereocenters. The fraction of sp³-hybridized carbons (Fsp3) is 0.300. The monoisotopic (exact) mass is 240 g/mol. The van der Waals surface area contributed by atoms with Crippen LogP contribution in [0.2, 0.25) is 0 Å². The normalized spacial score (nSPS) is 11.6. The summed E-state index contributed by atoms with van der Waals surface area (Å²) >= 11 is 0. The quantitative estimate of drug-likeness (QED) is 0.606. The van der Waals surface area contributed by atoms with E-state index >= 15 is 0 Å². The number of amides is 1. The Balaban J connectivity index is 3.06. The Morgan fingerprint density at radius 1 is 1.53 bits per heavy atom. The molecule has 1 unspecified atom stereocenters. The van der Waals surface area contributed by atoms with Crippen LogP contribution in [0.25, 0.3) is 0 Å². The third-order valence-electron chi connectivity index (χ3n) is 2.07. The van der Waals surface area contributed by atoms with Crippen molar-refractivity contribution in [1.82, 2.24) is 0 Å². The maximum atomic E-state index is 10.8. The van der Waals surface area contributed by atoms with Crippen molar-refractivity contribution in [2.45, 2.75) is 13.0 Å². The highest BCUT2D eigenvalue weighted by Crippen LogP contribution is 2.31. The summed E-state index contributed by atoms with van der Waals surface area (Å²) in [7, 11) is 1.39. The number of benzene rings is 1.